The van der Waals surface area contributed by atoms with Gasteiger partial charge < -0.3 is 19.5 Å². The lowest BCUT2D eigenvalue weighted by Gasteiger charge is -2.26. The van der Waals surface area contributed by atoms with Crippen molar-refractivity contribution in [1.29, 1.82) is 0 Å². The number of carboxylic acids is 1. The Kier molecular flexibility index (Phi) is 4.39. The second-order valence-corrected chi connectivity index (χ2v) is 5.39. The fourth-order valence-electron chi connectivity index (χ4n) is 1.79. The second kappa shape index (κ2) is 6.03. The molecule has 1 aliphatic heterocycles. The van der Waals surface area contributed by atoms with Gasteiger partial charge in [0.1, 0.15) is 5.75 Å². The van der Waals surface area contributed by atoms with Gasteiger partial charge in [-0.1, -0.05) is 0 Å². The normalized spacial score (nSPS) is 15.3. The van der Waals surface area contributed by atoms with Gasteiger partial charge in [0, 0.05) is 18.0 Å². The largest absolute Gasteiger partial charge is 0.482 e. The van der Waals surface area contributed by atoms with Crippen LogP contribution in [-0.2, 0) is 9.53 Å². The number of carbonyl (C=O) groups excluding carboxylic acids is 1. The smallest absolute Gasteiger partial charge is 0.349 e. The van der Waals surface area contributed by atoms with Gasteiger partial charge in [-0.15, -0.1) is 11.3 Å². The van der Waals surface area contributed by atoms with E-state index in [2.05, 4.69) is 0 Å². The number of aryl methyl sites for hydroxylation is 1. The highest BCUT2D eigenvalue weighted by Crippen LogP contribution is 2.28. The molecule has 0 bridgehead atoms. The van der Waals surface area contributed by atoms with E-state index in [1.165, 1.54) is 0 Å². The van der Waals surface area contributed by atoms with Gasteiger partial charge in [-0.3, -0.25) is 4.79 Å². The van der Waals surface area contributed by atoms with E-state index < -0.39 is 5.97 Å². The van der Waals surface area contributed by atoms with Gasteiger partial charge in [0.25, 0.3) is 5.91 Å². The van der Waals surface area contributed by atoms with Crippen LogP contribution in [0.25, 0.3) is 0 Å². The number of ether oxygens (including phenoxy) is 2. The Bertz CT molecular complexity index is 478. The van der Waals surface area contributed by atoms with Crippen molar-refractivity contribution in [3.05, 3.63) is 15.8 Å². The Morgan fingerprint density at radius 2 is 2.16 bits per heavy atom. The van der Waals surface area contributed by atoms with Crippen LogP contribution in [0.5, 0.6) is 5.75 Å². The standard InChI is InChI=1S/C12H15NO5S/c1-8-6-9(11(19-8)12(15)16)18-7-10(14)13-2-4-17-5-3-13/h6H,2-5,7H2,1H3,(H,15,16). The summed E-state index contributed by atoms with van der Waals surface area (Å²) in [5.41, 5.74) is 0. The Morgan fingerprint density at radius 1 is 1.47 bits per heavy atom. The molecule has 0 spiro atoms. The monoisotopic (exact) mass is 285 g/mol. The number of carboxylic acid groups (broad SMARTS) is 1. The summed E-state index contributed by atoms with van der Waals surface area (Å²) in [5.74, 6) is -0.924. The summed E-state index contributed by atoms with van der Waals surface area (Å²) in [5, 5.41) is 9.01. The molecule has 1 aliphatic rings. The topological polar surface area (TPSA) is 76.1 Å². The molecular weight excluding hydrogens is 270 g/mol. The maximum absolute atomic E-state index is 11.9. The summed E-state index contributed by atoms with van der Waals surface area (Å²) >= 11 is 1.14. The van der Waals surface area contributed by atoms with E-state index in [-0.39, 0.29) is 23.1 Å². The number of rotatable bonds is 4. The van der Waals surface area contributed by atoms with Crippen molar-refractivity contribution in [1.82, 2.24) is 4.90 Å². The first-order valence-electron chi connectivity index (χ1n) is 5.90. The summed E-state index contributed by atoms with van der Waals surface area (Å²) in [6.07, 6.45) is 0. The van der Waals surface area contributed by atoms with Crippen molar-refractivity contribution in [3.63, 3.8) is 0 Å². The summed E-state index contributed by atoms with van der Waals surface area (Å²) in [4.78, 5) is 25.5. The number of amides is 1. The van der Waals surface area contributed by atoms with Crippen LogP contribution in [0.3, 0.4) is 0 Å². The molecule has 0 aliphatic carbocycles. The molecule has 1 aromatic rings. The Hall–Kier alpha value is -1.60. The second-order valence-electron chi connectivity index (χ2n) is 4.14. The van der Waals surface area contributed by atoms with Crippen molar-refractivity contribution in [2.75, 3.05) is 32.9 Å². The summed E-state index contributed by atoms with van der Waals surface area (Å²) < 4.78 is 10.5. The van der Waals surface area contributed by atoms with E-state index in [0.29, 0.717) is 26.3 Å². The fraction of sp³-hybridized carbons (Fsp3) is 0.500. The first-order chi connectivity index (χ1) is 9.08. The van der Waals surface area contributed by atoms with E-state index in [0.717, 1.165) is 16.2 Å². The SMILES string of the molecule is Cc1cc(OCC(=O)N2CCOCC2)c(C(=O)O)s1. The quantitative estimate of drug-likeness (QED) is 0.893. The number of nitrogens with zero attached hydrogens (tertiary/aromatic N) is 1. The van der Waals surface area contributed by atoms with Gasteiger partial charge in [-0.2, -0.15) is 0 Å². The van der Waals surface area contributed by atoms with Crippen molar-refractivity contribution < 1.29 is 24.2 Å². The van der Waals surface area contributed by atoms with Gasteiger partial charge in [0.05, 0.1) is 13.2 Å². The van der Waals surface area contributed by atoms with E-state index in [1.54, 1.807) is 17.9 Å². The van der Waals surface area contributed by atoms with Crippen LogP contribution in [0.2, 0.25) is 0 Å². The first-order valence-corrected chi connectivity index (χ1v) is 6.71. The first kappa shape index (κ1) is 13.8. The maximum atomic E-state index is 11.9. The Balaban J connectivity index is 1.94. The summed E-state index contributed by atoms with van der Waals surface area (Å²) in [7, 11) is 0. The molecule has 0 radical (unpaired) electrons. The number of morpholine rings is 1. The third-order valence-corrected chi connectivity index (χ3v) is 3.75. The molecule has 0 unspecified atom stereocenters. The zero-order valence-electron chi connectivity index (χ0n) is 10.5. The fourth-order valence-corrected chi connectivity index (χ4v) is 2.58. The summed E-state index contributed by atoms with van der Waals surface area (Å²) in [6.45, 7) is 3.82. The van der Waals surface area contributed by atoms with Crippen LogP contribution < -0.4 is 4.74 Å². The molecule has 1 aromatic heterocycles. The number of thiophene rings is 1. The maximum Gasteiger partial charge on any atom is 0.349 e. The van der Waals surface area contributed by atoms with Gasteiger partial charge in [0.15, 0.2) is 11.5 Å². The number of carbonyl (C=O) groups is 2. The average Bonchev–Trinajstić information content (AvgIpc) is 2.78. The van der Waals surface area contributed by atoms with Crippen LogP contribution in [-0.4, -0.2) is 54.8 Å². The minimum absolute atomic E-state index is 0.132. The van der Waals surface area contributed by atoms with Crippen LogP contribution in [0.4, 0.5) is 0 Å². The van der Waals surface area contributed by atoms with Crippen LogP contribution >= 0.6 is 11.3 Å². The van der Waals surface area contributed by atoms with E-state index >= 15 is 0 Å². The molecule has 1 fully saturated rings. The molecule has 0 saturated carbocycles. The number of hydrogen-bond acceptors (Lipinski definition) is 5. The third-order valence-electron chi connectivity index (χ3n) is 2.73. The summed E-state index contributed by atoms with van der Waals surface area (Å²) in [6, 6.07) is 1.64. The third kappa shape index (κ3) is 3.45. The average molecular weight is 285 g/mol. The lowest BCUT2D eigenvalue weighted by atomic mass is 10.4. The molecule has 0 aromatic carbocycles. The molecule has 1 N–H and O–H groups in total. The van der Waals surface area contributed by atoms with Crippen molar-refractivity contribution >= 4 is 23.2 Å². The molecule has 104 valence electrons. The Morgan fingerprint density at radius 3 is 2.79 bits per heavy atom. The van der Waals surface area contributed by atoms with E-state index in [1.807, 2.05) is 0 Å². The van der Waals surface area contributed by atoms with Gasteiger partial charge in [-0.25, -0.2) is 4.79 Å². The van der Waals surface area contributed by atoms with Crippen molar-refractivity contribution in [2.24, 2.45) is 0 Å². The lowest BCUT2D eigenvalue weighted by molar-refractivity contribution is -0.137. The minimum Gasteiger partial charge on any atom is -0.482 e. The number of aromatic carboxylic acids is 1. The molecule has 19 heavy (non-hydrogen) atoms. The zero-order chi connectivity index (χ0) is 13.8. The molecule has 2 heterocycles. The van der Waals surface area contributed by atoms with Gasteiger partial charge >= 0.3 is 5.97 Å². The molecule has 7 heteroatoms. The molecule has 1 amide bonds. The van der Waals surface area contributed by atoms with E-state index in [9.17, 15) is 9.59 Å². The molecule has 6 nitrogen and oxygen atoms in total. The van der Waals surface area contributed by atoms with Crippen molar-refractivity contribution in [3.8, 4) is 5.75 Å². The van der Waals surface area contributed by atoms with Crippen LogP contribution in [0.1, 0.15) is 14.5 Å². The highest BCUT2D eigenvalue weighted by Gasteiger charge is 2.20. The predicted octanol–water partition coefficient (Wildman–Crippen LogP) is 0.992. The molecule has 1 saturated heterocycles. The minimum atomic E-state index is -1.04. The van der Waals surface area contributed by atoms with Gasteiger partial charge in [0.2, 0.25) is 0 Å². The highest BCUT2D eigenvalue weighted by atomic mass is 32.1. The van der Waals surface area contributed by atoms with Crippen LogP contribution in [0, 0.1) is 6.92 Å². The number of hydrogen-bond donors (Lipinski definition) is 1. The van der Waals surface area contributed by atoms with Crippen molar-refractivity contribution in [2.45, 2.75) is 6.92 Å². The zero-order valence-corrected chi connectivity index (χ0v) is 11.4. The molecule has 0 atom stereocenters. The molecule has 2 rings (SSSR count). The van der Waals surface area contributed by atoms with E-state index in [4.69, 9.17) is 14.6 Å². The van der Waals surface area contributed by atoms with Crippen LogP contribution in [0.15, 0.2) is 6.07 Å². The molecular formula is C12H15NO5S. The van der Waals surface area contributed by atoms with Gasteiger partial charge in [-0.05, 0) is 13.0 Å². The lowest BCUT2D eigenvalue weighted by Crippen LogP contribution is -2.43. The Labute approximate surface area is 114 Å². The highest BCUT2D eigenvalue weighted by molar-refractivity contribution is 7.14. The predicted molar refractivity (Wildman–Crippen MR) is 68.9 cm³/mol.